The smallest absolute Gasteiger partial charge is 0.333 e. The first kappa shape index (κ1) is 26.0. The molecule has 186 valence electrons. The van der Waals surface area contributed by atoms with Crippen molar-refractivity contribution in [3.05, 3.63) is 73.8 Å². The third-order valence-corrected chi connectivity index (χ3v) is 8.01. The molecule has 0 saturated heterocycles. The van der Waals surface area contributed by atoms with Crippen molar-refractivity contribution >= 4 is 56.4 Å². The van der Waals surface area contributed by atoms with Gasteiger partial charge in [-0.1, -0.05) is 35.3 Å². The minimum atomic E-state index is -4.09. The lowest BCUT2D eigenvalue weighted by atomic mass is 10.1. The van der Waals surface area contributed by atoms with E-state index in [-0.39, 0.29) is 18.4 Å². The van der Waals surface area contributed by atoms with E-state index in [9.17, 15) is 18.3 Å². The first-order chi connectivity index (χ1) is 16.6. The first-order valence-corrected chi connectivity index (χ1v) is 13.7. The number of hydrogen-bond donors (Lipinski definition) is 3. The fourth-order valence-corrected chi connectivity index (χ4v) is 5.63. The maximum absolute atomic E-state index is 13.3. The van der Waals surface area contributed by atoms with Crippen LogP contribution in [0.2, 0.25) is 10.0 Å². The average molecular weight is 557 g/mol. The molecule has 0 spiro atoms. The van der Waals surface area contributed by atoms with Crippen LogP contribution in [0.1, 0.15) is 39.2 Å². The van der Waals surface area contributed by atoms with Crippen molar-refractivity contribution < 1.29 is 22.5 Å². The summed E-state index contributed by atoms with van der Waals surface area (Å²) in [5, 5.41) is 21.2. The molecule has 13 heteroatoms. The lowest BCUT2D eigenvalue weighted by molar-refractivity contribution is 0.101. The van der Waals surface area contributed by atoms with Gasteiger partial charge in [-0.2, -0.15) is 8.42 Å². The molecule has 9 nitrogen and oxygen atoms in total. The second kappa shape index (κ2) is 10.9. The normalized spacial score (nSPS) is 20.2. The number of rotatable bonds is 9. The Labute approximate surface area is 216 Å². The van der Waals surface area contributed by atoms with E-state index in [2.05, 4.69) is 19.5 Å². The van der Waals surface area contributed by atoms with Crippen molar-refractivity contribution in [2.45, 2.75) is 31.4 Å². The highest BCUT2D eigenvalue weighted by Crippen LogP contribution is 2.31. The number of halogens is 2. The van der Waals surface area contributed by atoms with Gasteiger partial charge in [0.2, 0.25) is 5.78 Å². The molecule has 35 heavy (non-hydrogen) atoms. The highest BCUT2D eigenvalue weighted by atomic mass is 35.5. The summed E-state index contributed by atoms with van der Waals surface area (Å²) in [6.45, 7) is -0.220. The average Bonchev–Trinajstić information content (AvgIpc) is 3.41. The van der Waals surface area contributed by atoms with Crippen LogP contribution in [0.25, 0.3) is 0 Å². The number of thiophene rings is 1. The number of nitrogens with zero attached hydrogens (tertiary/aromatic N) is 2. The third-order valence-electron chi connectivity index (χ3n) is 5.71. The minimum absolute atomic E-state index is 0.220. The number of carbonyl (C=O) groups excluding carboxylic acids is 1. The molecule has 0 aliphatic heterocycles. The molecule has 4 N–H and O–H groups in total. The predicted octanol–water partition coefficient (Wildman–Crippen LogP) is 3.44. The number of ketones is 1. The van der Waals surface area contributed by atoms with Crippen molar-refractivity contribution in [3.8, 4) is 0 Å². The van der Waals surface area contributed by atoms with E-state index in [1.54, 1.807) is 12.1 Å². The van der Waals surface area contributed by atoms with Crippen LogP contribution >= 0.6 is 34.5 Å². The molecule has 4 rings (SSSR count). The standard InChI is InChI=1S/C22H22Cl2N4O5S2/c23-17-3-1-2-13(20(17)24)4-12-5-19(34-10-12)21(30)16-8-26-11-27-22(16)28-15-6-14(18(29)7-15)9-33-35(25,31)32/h1-3,5,8,10-11,14-15,18,29H,4,6-7,9H2,(H2,25,31,32)(H,26,27,28)/t14-,15-,18+/m1/s1. The van der Waals surface area contributed by atoms with Crippen LogP contribution in [-0.2, 0) is 20.9 Å². The van der Waals surface area contributed by atoms with Crippen LogP contribution < -0.4 is 10.5 Å². The van der Waals surface area contributed by atoms with Gasteiger partial charge < -0.3 is 10.4 Å². The number of nitrogens with one attached hydrogen (secondary N) is 1. The summed E-state index contributed by atoms with van der Waals surface area (Å²) in [4.78, 5) is 22.0. The first-order valence-electron chi connectivity index (χ1n) is 10.6. The second-order valence-corrected chi connectivity index (χ2v) is 11.2. The summed E-state index contributed by atoms with van der Waals surface area (Å²) >= 11 is 13.7. The zero-order chi connectivity index (χ0) is 25.2. The molecule has 3 atom stereocenters. The molecule has 1 aliphatic carbocycles. The Bertz CT molecular complexity index is 1330. The monoisotopic (exact) mass is 556 g/mol. The van der Waals surface area contributed by atoms with Gasteiger partial charge in [0.05, 0.1) is 33.2 Å². The minimum Gasteiger partial charge on any atom is -0.393 e. The van der Waals surface area contributed by atoms with Gasteiger partial charge in [0.25, 0.3) is 0 Å². The van der Waals surface area contributed by atoms with E-state index in [0.29, 0.717) is 45.6 Å². The summed E-state index contributed by atoms with van der Waals surface area (Å²) in [6, 6.07) is 6.99. The van der Waals surface area contributed by atoms with Crippen LogP contribution in [0.4, 0.5) is 5.82 Å². The Balaban J connectivity index is 1.46. The lowest BCUT2D eigenvalue weighted by Gasteiger charge is -2.15. The number of aliphatic hydroxyl groups is 1. The maximum Gasteiger partial charge on any atom is 0.333 e. The van der Waals surface area contributed by atoms with Crippen LogP contribution in [0, 0.1) is 5.92 Å². The van der Waals surface area contributed by atoms with Crippen LogP contribution in [0.5, 0.6) is 0 Å². The molecule has 2 aromatic heterocycles. The molecule has 0 radical (unpaired) electrons. The Morgan fingerprint density at radius 1 is 1.31 bits per heavy atom. The molecule has 0 amide bonds. The fourth-order valence-electron chi connectivity index (χ4n) is 4.01. The molecule has 3 aromatic rings. The van der Waals surface area contributed by atoms with Crippen LogP contribution in [0.15, 0.2) is 42.2 Å². The molecule has 1 saturated carbocycles. The van der Waals surface area contributed by atoms with Crippen molar-refractivity contribution in [1.29, 1.82) is 0 Å². The highest BCUT2D eigenvalue weighted by Gasteiger charge is 2.34. The molecule has 1 aromatic carbocycles. The van der Waals surface area contributed by atoms with E-state index in [4.69, 9.17) is 28.3 Å². The zero-order valence-corrected chi connectivity index (χ0v) is 21.4. The summed E-state index contributed by atoms with van der Waals surface area (Å²) in [5.41, 5.74) is 2.08. The molecule has 1 fully saturated rings. The van der Waals surface area contributed by atoms with E-state index in [1.165, 1.54) is 23.9 Å². The van der Waals surface area contributed by atoms with Gasteiger partial charge in [-0.05, 0) is 47.9 Å². The molecular weight excluding hydrogens is 535 g/mol. The van der Waals surface area contributed by atoms with Gasteiger partial charge >= 0.3 is 10.3 Å². The number of anilines is 1. The Hall–Kier alpha value is -2.12. The van der Waals surface area contributed by atoms with Crippen molar-refractivity contribution in [2.24, 2.45) is 11.1 Å². The molecule has 0 bridgehead atoms. The van der Waals surface area contributed by atoms with Crippen molar-refractivity contribution in [1.82, 2.24) is 9.97 Å². The van der Waals surface area contributed by atoms with Gasteiger partial charge in [0.15, 0.2) is 0 Å². The summed E-state index contributed by atoms with van der Waals surface area (Å²) in [6.07, 6.45) is 3.26. The number of benzene rings is 1. The topological polar surface area (TPSA) is 144 Å². The Morgan fingerprint density at radius 2 is 2.11 bits per heavy atom. The predicted molar refractivity (Wildman–Crippen MR) is 134 cm³/mol. The van der Waals surface area contributed by atoms with E-state index < -0.39 is 22.3 Å². The SMILES string of the molecule is NS(=O)(=O)OC[C@H]1C[C@@H](Nc2ncncc2C(=O)c2cc(Cc3cccc(Cl)c3Cl)cs2)C[C@@H]1O. The molecule has 0 unspecified atom stereocenters. The van der Waals surface area contributed by atoms with Gasteiger partial charge in [0, 0.05) is 18.2 Å². The van der Waals surface area contributed by atoms with Gasteiger partial charge in [0.1, 0.15) is 12.1 Å². The quantitative estimate of drug-likeness (QED) is 0.340. The summed E-state index contributed by atoms with van der Waals surface area (Å²) in [5.74, 6) is -0.331. The number of nitrogens with two attached hydrogens (primary N) is 1. The molecule has 2 heterocycles. The maximum atomic E-state index is 13.3. The molecule has 1 aliphatic rings. The lowest BCUT2D eigenvalue weighted by Crippen LogP contribution is -2.24. The second-order valence-electron chi connectivity index (χ2n) is 8.24. The number of aliphatic hydroxyl groups excluding tert-OH is 1. The van der Waals surface area contributed by atoms with Crippen LogP contribution in [-0.4, -0.2) is 48.0 Å². The Morgan fingerprint density at radius 3 is 2.89 bits per heavy atom. The van der Waals surface area contributed by atoms with E-state index in [1.807, 2.05) is 17.5 Å². The number of hydrogen-bond acceptors (Lipinski definition) is 9. The van der Waals surface area contributed by atoms with E-state index in [0.717, 1.165) is 11.1 Å². The highest BCUT2D eigenvalue weighted by molar-refractivity contribution is 7.84. The summed E-state index contributed by atoms with van der Waals surface area (Å²) in [7, 11) is -4.09. The van der Waals surface area contributed by atoms with Gasteiger partial charge in [-0.15, -0.1) is 11.3 Å². The van der Waals surface area contributed by atoms with E-state index >= 15 is 0 Å². The van der Waals surface area contributed by atoms with Gasteiger partial charge in [-0.25, -0.2) is 15.1 Å². The number of carbonyl (C=O) groups is 1. The fraction of sp³-hybridized carbons (Fsp3) is 0.318. The van der Waals surface area contributed by atoms with Crippen LogP contribution in [0.3, 0.4) is 0 Å². The zero-order valence-electron chi connectivity index (χ0n) is 18.2. The summed E-state index contributed by atoms with van der Waals surface area (Å²) < 4.78 is 26.7. The van der Waals surface area contributed by atoms with Gasteiger partial charge in [-0.3, -0.25) is 8.98 Å². The third kappa shape index (κ3) is 6.56. The largest absolute Gasteiger partial charge is 0.393 e. The number of aromatic nitrogens is 2. The Kier molecular flexibility index (Phi) is 8.06. The molecular formula is C22H22Cl2N4O5S2. The van der Waals surface area contributed by atoms with Crippen molar-refractivity contribution in [3.63, 3.8) is 0 Å². The van der Waals surface area contributed by atoms with Crippen molar-refractivity contribution in [2.75, 3.05) is 11.9 Å².